The molecule has 1 atom stereocenters. The molecule has 12 heteroatoms. The zero-order valence-electron chi connectivity index (χ0n) is 17.3. The lowest BCUT2D eigenvalue weighted by Gasteiger charge is -2.25. The number of halogens is 3. The van der Waals surface area contributed by atoms with Gasteiger partial charge in [0.05, 0.1) is 29.0 Å². The monoisotopic (exact) mass is 535 g/mol. The van der Waals surface area contributed by atoms with Crippen molar-refractivity contribution in [2.24, 2.45) is 5.10 Å². The predicted octanol–water partition coefficient (Wildman–Crippen LogP) is 5.47. The molecule has 0 radical (unpaired) electrons. The van der Waals surface area contributed by atoms with Crippen LogP contribution in [0.15, 0.2) is 75.3 Å². The molecule has 4 aromatic rings. The number of hydrogen-bond acceptors (Lipinski definition) is 7. The number of nitrogens with one attached hydrogen (secondary N) is 1. The van der Waals surface area contributed by atoms with Crippen LogP contribution in [0.1, 0.15) is 18.0 Å². The van der Waals surface area contributed by atoms with E-state index in [1.165, 1.54) is 6.07 Å². The van der Waals surface area contributed by atoms with E-state index < -0.39 is 10.0 Å². The summed E-state index contributed by atoms with van der Waals surface area (Å²) in [6.07, 6.45) is 0.471. The van der Waals surface area contributed by atoms with Gasteiger partial charge >= 0.3 is 0 Å². The molecule has 1 N–H and O–H groups in total. The third-order valence-corrected chi connectivity index (χ3v) is 7.61. The lowest BCUT2D eigenvalue weighted by molar-refractivity contribution is 0.315. The standard InChI is InChI=1S/C22H16Cl3N5O3S/c23-14-6-4-13(5-7-14)20-11-16(27-30(20)19-9-8-15(24)10-17(19)25)12-26-34(31,32)21-3-1-2-18-22(21)29-33-28-18/h1-10,20,26H,11-12H2/t20-/m1/s1. The van der Waals surface area contributed by atoms with E-state index in [4.69, 9.17) is 39.9 Å². The van der Waals surface area contributed by atoms with Crippen LogP contribution in [0.2, 0.25) is 15.1 Å². The maximum Gasteiger partial charge on any atom is 0.243 e. The van der Waals surface area contributed by atoms with Crippen molar-refractivity contribution in [1.82, 2.24) is 15.0 Å². The summed E-state index contributed by atoms with van der Waals surface area (Å²) in [4.78, 5) is -0.0169. The molecule has 0 saturated heterocycles. The van der Waals surface area contributed by atoms with Gasteiger partial charge in [-0.25, -0.2) is 17.8 Å². The average Bonchev–Trinajstić information content (AvgIpc) is 3.45. The molecule has 3 aromatic carbocycles. The fraction of sp³-hybridized carbons (Fsp3) is 0.136. The molecule has 0 amide bonds. The molecule has 8 nitrogen and oxygen atoms in total. The van der Waals surface area contributed by atoms with Crippen LogP contribution in [0.25, 0.3) is 11.0 Å². The first-order valence-corrected chi connectivity index (χ1v) is 12.7. The van der Waals surface area contributed by atoms with E-state index in [0.717, 1.165) is 5.56 Å². The van der Waals surface area contributed by atoms with Crippen LogP contribution in [0.4, 0.5) is 5.69 Å². The van der Waals surface area contributed by atoms with Crippen LogP contribution in [-0.4, -0.2) is 31.0 Å². The highest BCUT2D eigenvalue weighted by Gasteiger charge is 2.31. The predicted molar refractivity (Wildman–Crippen MR) is 132 cm³/mol. The Hall–Kier alpha value is -2.69. The summed E-state index contributed by atoms with van der Waals surface area (Å²) in [5.41, 5.74) is 2.75. The highest BCUT2D eigenvalue weighted by atomic mass is 35.5. The van der Waals surface area contributed by atoms with Crippen molar-refractivity contribution >= 4 is 67.3 Å². The number of hydrazone groups is 1. The van der Waals surface area contributed by atoms with Crippen molar-refractivity contribution in [2.45, 2.75) is 17.4 Å². The van der Waals surface area contributed by atoms with Crippen LogP contribution in [-0.2, 0) is 10.0 Å². The lowest BCUT2D eigenvalue weighted by atomic mass is 10.0. The molecule has 34 heavy (non-hydrogen) atoms. The number of fused-ring (bicyclic) bond motifs is 1. The molecule has 2 heterocycles. The number of hydrogen-bond donors (Lipinski definition) is 1. The second-order valence-corrected chi connectivity index (χ2v) is 10.6. The molecule has 1 aromatic heterocycles. The number of sulfonamides is 1. The summed E-state index contributed by atoms with van der Waals surface area (Å²) >= 11 is 18.6. The van der Waals surface area contributed by atoms with E-state index in [1.807, 2.05) is 12.1 Å². The molecule has 0 fully saturated rings. The van der Waals surface area contributed by atoms with Gasteiger partial charge in [-0.05, 0) is 58.3 Å². The molecular formula is C22H16Cl3N5O3S. The van der Waals surface area contributed by atoms with Crippen molar-refractivity contribution < 1.29 is 13.0 Å². The van der Waals surface area contributed by atoms with E-state index in [9.17, 15) is 8.42 Å². The topological polar surface area (TPSA) is 101 Å². The van der Waals surface area contributed by atoms with Crippen molar-refractivity contribution in [1.29, 1.82) is 0 Å². The smallest absolute Gasteiger partial charge is 0.243 e. The second kappa shape index (κ2) is 9.16. The Morgan fingerprint density at radius 3 is 2.53 bits per heavy atom. The van der Waals surface area contributed by atoms with Crippen molar-refractivity contribution in [3.05, 3.63) is 81.3 Å². The number of benzene rings is 3. The zero-order chi connectivity index (χ0) is 23.9. The number of anilines is 1. The minimum Gasteiger partial charge on any atom is -0.256 e. The van der Waals surface area contributed by atoms with Gasteiger partial charge < -0.3 is 0 Å². The third kappa shape index (κ3) is 4.49. The minimum absolute atomic E-state index is 0.00417. The first kappa shape index (κ1) is 23.1. The van der Waals surface area contributed by atoms with Gasteiger partial charge in [0.2, 0.25) is 10.0 Å². The summed E-state index contributed by atoms with van der Waals surface area (Å²) in [6.45, 7) is -0.00417. The maximum absolute atomic E-state index is 13.0. The molecule has 0 bridgehead atoms. The van der Waals surface area contributed by atoms with Crippen molar-refractivity contribution in [2.75, 3.05) is 11.6 Å². The third-order valence-electron chi connectivity index (χ3n) is 5.39. The summed E-state index contributed by atoms with van der Waals surface area (Å²) in [5.74, 6) is 0. The molecule has 1 aliphatic rings. The van der Waals surface area contributed by atoms with Gasteiger partial charge in [-0.2, -0.15) is 5.10 Å². The maximum atomic E-state index is 13.0. The van der Waals surface area contributed by atoms with E-state index in [1.54, 1.807) is 47.5 Å². The van der Waals surface area contributed by atoms with Gasteiger partial charge in [0, 0.05) is 16.5 Å². The summed E-state index contributed by atoms with van der Waals surface area (Å²) in [7, 11) is -3.90. The molecular weight excluding hydrogens is 521 g/mol. The molecule has 0 aliphatic carbocycles. The van der Waals surface area contributed by atoms with Gasteiger partial charge in [0.25, 0.3) is 0 Å². The van der Waals surface area contributed by atoms with Crippen LogP contribution < -0.4 is 9.73 Å². The van der Waals surface area contributed by atoms with Gasteiger partial charge in [0.1, 0.15) is 10.4 Å². The van der Waals surface area contributed by atoms with Gasteiger partial charge in [-0.3, -0.25) is 5.01 Å². The van der Waals surface area contributed by atoms with Crippen molar-refractivity contribution in [3.8, 4) is 0 Å². The molecule has 0 spiro atoms. The Balaban J connectivity index is 1.44. The van der Waals surface area contributed by atoms with E-state index >= 15 is 0 Å². The largest absolute Gasteiger partial charge is 0.256 e. The first-order valence-electron chi connectivity index (χ1n) is 10.1. The zero-order valence-corrected chi connectivity index (χ0v) is 20.4. The SMILES string of the molecule is O=S(=O)(NCC1=NN(c2ccc(Cl)cc2Cl)[C@@H](c2ccc(Cl)cc2)C1)c1cccc2nonc12. The van der Waals surface area contributed by atoms with Crippen LogP contribution in [0.5, 0.6) is 0 Å². The Morgan fingerprint density at radius 1 is 1.00 bits per heavy atom. The number of nitrogens with zero attached hydrogens (tertiary/aromatic N) is 4. The second-order valence-electron chi connectivity index (χ2n) is 7.59. The molecule has 0 unspecified atom stereocenters. The molecule has 1 aliphatic heterocycles. The summed E-state index contributed by atoms with van der Waals surface area (Å²) in [6, 6.07) is 17.0. The fourth-order valence-corrected chi connectivity index (χ4v) is 5.55. The minimum atomic E-state index is -3.90. The van der Waals surface area contributed by atoms with Gasteiger partial charge in [0.15, 0.2) is 5.52 Å². The van der Waals surface area contributed by atoms with Crippen LogP contribution >= 0.6 is 34.8 Å². The van der Waals surface area contributed by atoms with E-state index in [-0.39, 0.29) is 23.0 Å². The number of aromatic nitrogens is 2. The Morgan fingerprint density at radius 2 is 1.76 bits per heavy atom. The molecule has 0 saturated carbocycles. The fourth-order valence-electron chi connectivity index (χ4n) is 3.77. The molecule has 5 rings (SSSR count). The summed E-state index contributed by atoms with van der Waals surface area (Å²) < 4.78 is 33.3. The number of rotatable bonds is 6. The van der Waals surface area contributed by atoms with Gasteiger partial charge in [-0.15, -0.1) is 0 Å². The first-order chi connectivity index (χ1) is 16.3. The molecule has 174 valence electrons. The highest BCUT2D eigenvalue weighted by Crippen LogP contribution is 2.39. The quantitative estimate of drug-likeness (QED) is 0.351. The van der Waals surface area contributed by atoms with Crippen molar-refractivity contribution in [3.63, 3.8) is 0 Å². The van der Waals surface area contributed by atoms with Gasteiger partial charge in [-0.1, -0.05) is 53.0 Å². The Bertz CT molecular complexity index is 1510. The van der Waals surface area contributed by atoms with E-state index in [2.05, 4.69) is 19.7 Å². The Labute approximate surface area is 210 Å². The normalized spacial score (nSPS) is 16.3. The van der Waals surface area contributed by atoms with Crippen LogP contribution in [0, 0.1) is 0 Å². The summed E-state index contributed by atoms with van der Waals surface area (Å²) in [5, 5.41) is 15.4. The Kier molecular flexibility index (Phi) is 6.22. The van der Waals surface area contributed by atoms with E-state index in [0.29, 0.717) is 38.4 Å². The lowest BCUT2D eigenvalue weighted by Crippen LogP contribution is -2.29. The average molecular weight is 537 g/mol. The highest BCUT2D eigenvalue weighted by molar-refractivity contribution is 7.89. The van der Waals surface area contributed by atoms with Crippen LogP contribution in [0.3, 0.4) is 0 Å².